The number of carbonyl (C=O) groups is 1. The Hall–Kier alpha value is -3.35. The van der Waals surface area contributed by atoms with Crippen molar-refractivity contribution >= 4 is 17.2 Å². The van der Waals surface area contributed by atoms with Crippen molar-refractivity contribution in [3.8, 4) is 11.5 Å². The van der Waals surface area contributed by atoms with Gasteiger partial charge >= 0.3 is 0 Å². The minimum atomic E-state index is -0.477. The molecule has 1 aromatic carbocycles. The number of rotatable bonds is 4. The number of hydrogen-bond acceptors (Lipinski definition) is 5. The van der Waals surface area contributed by atoms with E-state index in [2.05, 4.69) is 10.3 Å². The molecule has 3 rings (SSSR count). The van der Waals surface area contributed by atoms with E-state index in [9.17, 15) is 9.59 Å². The molecule has 0 atom stereocenters. The molecule has 7 nitrogen and oxygen atoms in total. The molecule has 0 fully saturated rings. The smallest absolute Gasteiger partial charge is 0.281 e. The zero-order chi connectivity index (χ0) is 18.8. The van der Waals surface area contributed by atoms with E-state index in [-0.39, 0.29) is 16.8 Å². The molecular weight excluding hydrogens is 334 g/mol. The van der Waals surface area contributed by atoms with Gasteiger partial charge in [0.25, 0.3) is 11.5 Å². The zero-order valence-corrected chi connectivity index (χ0v) is 15.0. The number of aromatic nitrogens is 2. The monoisotopic (exact) mass is 353 g/mol. The predicted molar refractivity (Wildman–Crippen MR) is 98.4 cm³/mol. The van der Waals surface area contributed by atoms with Gasteiger partial charge in [-0.2, -0.15) is 0 Å². The van der Waals surface area contributed by atoms with Crippen molar-refractivity contribution in [1.29, 1.82) is 0 Å². The average Bonchev–Trinajstić information content (AvgIpc) is 2.63. The first-order valence-electron chi connectivity index (χ1n) is 7.98. The molecule has 0 bridgehead atoms. The van der Waals surface area contributed by atoms with Gasteiger partial charge in [-0.1, -0.05) is 6.07 Å². The van der Waals surface area contributed by atoms with Crippen LogP contribution >= 0.6 is 0 Å². The summed E-state index contributed by atoms with van der Waals surface area (Å²) in [6.45, 7) is 3.61. The van der Waals surface area contributed by atoms with E-state index in [1.807, 2.05) is 19.1 Å². The van der Waals surface area contributed by atoms with Crippen LogP contribution in [-0.2, 0) is 0 Å². The van der Waals surface area contributed by atoms with Crippen LogP contribution in [0.15, 0.2) is 41.3 Å². The summed E-state index contributed by atoms with van der Waals surface area (Å²) in [6.07, 6.45) is 1.64. The number of hydrogen-bond donors (Lipinski definition) is 1. The molecule has 0 aliphatic rings. The van der Waals surface area contributed by atoms with E-state index in [1.54, 1.807) is 31.3 Å². The molecular formula is C19H19N3O4. The Labute approximate surface area is 150 Å². The van der Waals surface area contributed by atoms with Crippen LogP contribution in [0.2, 0.25) is 0 Å². The Kier molecular flexibility index (Phi) is 4.62. The van der Waals surface area contributed by atoms with Crippen LogP contribution in [0.1, 0.15) is 21.6 Å². The third-order valence-electron chi connectivity index (χ3n) is 4.05. The number of anilines is 1. The lowest BCUT2D eigenvalue weighted by Gasteiger charge is -2.13. The highest BCUT2D eigenvalue weighted by molar-refractivity contribution is 6.07. The van der Waals surface area contributed by atoms with Gasteiger partial charge in [0.1, 0.15) is 11.3 Å². The highest BCUT2D eigenvalue weighted by atomic mass is 16.5. The van der Waals surface area contributed by atoms with Gasteiger partial charge in [-0.3, -0.25) is 14.0 Å². The van der Waals surface area contributed by atoms with Gasteiger partial charge in [-0.25, -0.2) is 4.98 Å². The summed E-state index contributed by atoms with van der Waals surface area (Å²) >= 11 is 0. The minimum absolute atomic E-state index is 0.126. The van der Waals surface area contributed by atoms with Crippen LogP contribution in [-0.4, -0.2) is 29.5 Å². The molecule has 134 valence electrons. The number of nitrogens with one attached hydrogen (secondary N) is 1. The fourth-order valence-electron chi connectivity index (χ4n) is 2.74. The number of amides is 1. The van der Waals surface area contributed by atoms with Crippen molar-refractivity contribution in [1.82, 2.24) is 9.38 Å². The third kappa shape index (κ3) is 2.99. The maximum Gasteiger partial charge on any atom is 0.281 e. The Morgan fingerprint density at radius 2 is 1.92 bits per heavy atom. The normalized spacial score (nSPS) is 10.6. The molecule has 0 aliphatic heterocycles. The number of benzene rings is 1. The summed E-state index contributed by atoms with van der Waals surface area (Å²) in [6, 6.07) is 8.59. The molecule has 0 unspecified atom stereocenters. The van der Waals surface area contributed by atoms with Gasteiger partial charge in [0, 0.05) is 6.20 Å². The number of aryl methyl sites for hydroxylation is 2. The Bertz CT molecular complexity index is 1060. The topological polar surface area (TPSA) is 81.9 Å². The maximum absolute atomic E-state index is 12.8. The number of carbonyl (C=O) groups excluding carboxylic acids is 1. The van der Waals surface area contributed by atoms with Gasteiger partial charge < -0.3 is 14.8 Å². The van der Waals surface area contributed by atoms with E-state index >= 15 is 0 Å². The highest BCUT2D eigenvalue weighted by Crippen LogP contribution is 2.31. The standard InChI is InChI=1S/C19H19N3O4/c1-11-8-9-22-15(10-11)20-12(2)16(19(22)24)21-18(23)13-6-5-7-14(25-3)17(13)26-4/h5-10H,1-4H3,(H,21,23). The molecule has 2 aromatic heterocycles. The van der Waals surface area contributed by atoms with Crippen LogP contribution < -0.4 is 20.3 Å². The van der Waals surface area contributed by atoms with Gasteiger partial charge in [0.15, 0.2) is 11.5 Å². The second kappa shape index (κ2) is 6.87. The fraction of sp³-hybridized carbons (Fsp3) is 0.211. The lowest BCUT2D eigenvalue weighted by atomic mass is 10.1. The molecule has 3 aromatic rings. The summed E-state index contributed by atoms with van der Waals surface area (Å²) in [5.41, 5.74) is 2.01. The van der Waals surface area contributed by atoms with E-state index in [1.165, 1.54) is 18.6 Å². The number of para-hydroxylation sites is 1. The number of ether oxygens (including phenoxy) is 2. The van der Waals surface area contributed by atoms with Crippen LogP contribution in [0.25, 0.3) is 5.65 Å². The largest absolute Gasteiger partial charge is 0.493 e. The van der Waals surface area contributed by atoms with Gasteiger partial charge in [-0.05, 0) is 43.7 Å². The Balaban J connectivity index is 2.06. The SMILES string of the molecule is COc1cccc(C(=O)Nc2c(C)nc3cc(C)ccn3c2=O)c1OC. The molecule has 0 aliphatic carbocycles. The second-order valence-corrected chi connectivity index (χ2v) is 5.80. The first-order valence-corrected chi connectivity index (χ1v) is 7.98. The van der Waals surface area contributed by atoms with Crippen molar-refractivity contribution in [3.63, 3.8) is 0 Å². The van der Waals surface area contributed by atoms with Crippen LogP contribution in [0.5, 0.6) is 11.5 Å². The van der Waals surface area contributed by atoms with E-state index < -0.39 is 5.91 Å². The van der Waals surface area contributed by atoms with Gasteiger partial charge in [0.05, 0.1) is 25.5 Å². The van der Waals surface area contributed by atoms with Crippen molar-refractivity contribution in [3.05, 3.63) is 63.7 Å². The number of methoxy groups -OCH3 is 2. The minimum Gasteiger partial charge on any atom is -0.493 e. The number of fused-ring (bicyclic) bond motifs is 1. The van der Waals surface area contributed by atoms with Crippen molar-refractivity contribution in [2.75, 3.05) is 19.5 Å². The molecule has 0 saturated heterocycles. The average molecular weight is 353 g/mol. The first-order chi connectivity index (χ1) is 12.5. The molecule has 7 heteroatoms. The van der Waals surface area contributed by atoms with Gasteiger partial charge in [0.2, 0.25) is 0 Å². The molecule has 1 amide bonds. The molecule has 2 heterocycles. The number of pyridine rings is 1. The summed E-state index contributed by atoms with van der Waals surface area (Å²) in [5, 5.41) is 2.66. The predicted octanol–water partition coefficient (Wildman–Crippen LogP) is 2.58. The van der Waals surface area contributed by atoms with Crippen LogP contribution in [0.4, 0.5) is 5.69 Å². The molecule has 26 heavy (non-hydrogen) atoms. The van der Waals surface area contributed by atoms with Crippen LogP contribution in [0.3, 0.4) is 0 Å². The third-order valence-corrected chi connectivity index (χ3v) is 4.05. The van der Waals surface area contributed by atoms with E-state index in [4.69, 9.17) is 9.47 Å². The zero-order valence-electron chi connectivity index (χ0n) is 15.0. The molecule has 1 N–H and O–H groups in total. The molecule has 0 spiro atoms. The Morgan fingerprint density at radius 1 is 1.15 bits per heavy atom. The first kappa shape index (κ1) is 17.5. The highest BCUT2D eigenvalue weighted by Gasteiger charge is 2.19. The van der Waals surface area contributed by atoms with Crippen molar-refractivity contribution in [2.45, 2.75) is 13.8 Å². The van der Waals surface area contributed by atoms with E-state index in [0.717, 1.165) is 5.56 Å². The molecule has 0 saturated carbocycles. The summed E-state index contributed by atoms with van der Waals surface area (Å²) in [7, 11) is 2.94. The van der Waals surface area contributed by atoms with Crippen LogP contribution in [0, 0.1) is 13.8 Å². The maximum atomic E-state index is 12.8. The second-order valence-electron chi connectivity index (χ2n) is 5.80. The summed E-state index contributed by atoms with van der Waals surface area (Å²) in [4.78, 5) is 29.9. The van der Waals surface area contributed by atoms with Crippen molar-refractivity contribution in [2.24, 2.45) is 0 Å². The molecule has 0 radical (unpaired) electrons. The van der Waals surface area contributed by atoms with Gasteiger partial charge in [-0.15, -0.1) is 0 Å². The number of nitrogens with zero attached hydrogens (tertiary/aromatic N) is 2. The Morgan fingerprint density at radius 3 is 2.62 bits per heavy atom. The summed E-state index contributed by atoms with van der Waals surface area (Å²) in [5.74, 6) is 0.255. The van der Waals surface area contributed by atoms with Crippen molar-refractivity contribution < 1.29 is 14.3 Å². The lowest BCUT2D eigenvalue weighted by Crippen LogP contribution is -2.25. The summed E-state index contributed by atoms with van der Waals surface area (Å²) < 4.78 is 11.9. The quantitative estimate of drug-likeness (QED) is 0.780. The lowest BCUT2D eigenvalue weighted by molar-refractivity contribution is 0.102. The fourth-order valence-corrected chi connectivity index (χ4v) is 2.74. The van der Waals surface area contributed by atoms with E-state index in [0.29, 0.717) is 22.8 Å².